The number of carbonyl (C=O) groups is 1. The first-order valence-electron chi connectivity index (χ1n) is 6.05. The van der Waals surface area contributed by atoms with Crippen molar-refractivity contribution in [1.82, 2.24) is 10.2 Å². The lowest BCUT2D eigenvalue weighted by atomic mass is 10.1. The van der Waals surface area contributed by atoms with Gasteiger partial charge in [-0.05, 0) is 39.2 Å². The van der Waals surface area contributed by atoms with Crippen LogP contribution in [0.15, 0.2) is 0 Å². The Balaban J connectivity index is 2.06. The molecule has 1 saturated heterocycles. The molecule has 1 aliphatic rings. The summed E-state index contributed by atoms with van der Waals surface area (Å²) in [6.07, 6.45) is 3.56. The topological polar surface area (TPSA) is 78.6 Å². The number of hydrogen-bond donors (Lipinski definition) is 3. The molecule has 0 spiro atoms. The van der Waals surface area contributed by atoms with Crippen molar-refractivity contribution in [2.75, 3.05) is 19.6 Å². The number of piperidine rings is 1. The number of likely N-dealkylation sites (tertiary alicyclic amines) is 1. The van der Waals surface area contributed by atoms with Gasteiger partial charge in [0.1, 0.15) is 0 Å². The van der Waals surface area contributed by atoms with Crippen LogP contribution in [0.3, 0.4) is 0 Å². The van der Waals surface area contributed by atoms with E-state index in [-0.39, 0.29) is 12.1 Å². The molecule has 0 radical (unpaired) electrons. The van der Waals surface area contributed by atoms with Gasteiger partial charge in [0.15, 0.2) is 0 Å². The van der Waals surface area contributed by atoms with Crippen LogP contribution in [0.2, 0.25) is 0 Å². The number of aliphatic hydroxyl groups excluding tert-OH is 1. The summed E-state index contributed by atoms with van der Waals surface area (Å²) in [5, 5.41) is 12.5. The van der Waals surface area contributed by atoms with Gasteiger partial charge in [-0.3, -0.25) is 0 Å². The van der Waals surface area contributed by atoms with E-state index in [2.05, 4.69) is 5.32 Å². The highest BCUT2D eigenvalue weighted by Gasteiger charge is 2.20. The zero-order valence-corrected chi connectivity index (χ0v) is 9.98. The first-order chi connectivity index (χ1) is 7.59. The van der Waals surface area contributed by atoms with Crippen LogP contribution >= 0.6 is 0 Å². The summed E-state index contributed by atoms with van der Waals surface area (Å²) in [6.45, 7) is 4.25. The Labute approximate surface area is 97.0 Å². The number of aliphatic hydroxyl groups is 1. The molecule has 16 heavy (non-hydrogen) atoms. The molecule has 0 aromatic heterocycles. The molecule has 0 aliphatic carbocycles. The van der Waals surface area contributed by atoms with Crippen LogP contribution in [-0.4, -0.2) is 47.8 Å². The Morgan fingerprint density at radius 3 is 2.69 bits per heavy atom. The smallest absolute Gasteiger partial charge is 0.314 e. The van der Waals surface area contributed by atoms with Crippen LogP contribution in [0.4, 0.5) is 4.79 Å². The van der Waals surface area contributed by atoms with E-state index < -0.39 is 0 Å². The van der Waals surface area contributed by atoms with Crippen molar-refractivity contribution in [3.63, 3.8) is 0 Å². The quantitative estimate of drug-likeness (QED) is 0.592. The highest BCUT2D eigenvalue weighted by Crippen LogP contribution is 2.09. The predicted molar refractivity (Wildman–Crippen MR) is 63.1 cm³/mol. The molecule has 2 amide bonds. The van der Waals surface area contributed by atoms with Gasteiger partial charge < -0.3 is 21.1 Å². The number of primary amides is 1. The van der Waals surface area contributed by atoms with E-state index in [1.165, 1.54) is 0 Å². The third-order valence-electron chi connectivity index (χ3n) is 3.04. The SMILES string of the molecule is CC(O)CCCNC1CCN(C(N)=O)CC1. The van der Waals surface area contributed by atoms with Crippen molar-refractivity contribution in [3.05, 3.63) is 0 Å². The second-order valence-corrected chi connectivity index (χ2v) is 4.54. The zero-order valence-electron chi connectivity index (χ0n) is 9.98. The average Bonchev–Trinajstić information content (AvgIpc) is 2.25. The molecular weight excluding hydrogens is 206 g/mol. The van der Waals surface area contributed by atoms with Gasteiger partial charge in [0, 0.05) is 19.1 Å². The molecule has 5 nitrogen and oxygen atoms in total. The second kappa shape index (κ2) is 6.70. The van der Waals surface area contributed by atoms with E-state index in [4.69, 9.17) is 10.8 Å². The fourth-order valence-electron chi connectivity index (χ4n) is 2.01. The maximum atomic E-state index is 10.9. The molecule has 0 bridgehead atoms. The van der Waals surface area contributed by atoms with Crippen molar-refractivity contribution in [1.29, 1.82) is 0 Å². The highest BCUT2D eigenvalue weighted by molar-refractivity contribution is 5.72. The van der Waals surface area contributed by atoms with E-state index in [1.54, 1.807) is 4.90 Å². The number of amides is 2. The predicted octanol–water partition coefficient (Wildman–Crippen LogP) is 0.280. The molecule has 1 fully saturated rings. The zero-order chi connectivity index (χ0) is 12.0. The summed E-state index contributed by atoms with van der Waals surface area (Å²) < 4.78 is 0. The largest absolute Gasteiger partial charge is 0.393 e. The normalized spacial score (nSPS) is 19.8. The molecule has 1 rings (SSSR count). The van der Waals surface area contributed by atoms with Crippen LogP contribution in [0.5, 0.6) is 0 Å². The van der Waals surface area contributed by atoms with Crippen LogP contribution in [0.1, 0.15) is 32.6 Å². The van der Waals surface area contributed by atoms with Crippen LogP contribution in [0, 0.1) is 0 Å². The maximum Gasteiger partial charge on any atom is 0.314 e. The van der Waals surface area contributed by atoms with Gasteiger partial charge >= 0.3 is 6.03 Å². The first-order valence-corrected chi connectivity index (χ1v) is 6.05. The number of rotatable bonds is 5. The number of nitrogens with one attached hydrogen (secondary N) is 1. The van der Waals surface area contributed by atoms with E-state index in [1.807, 2.05) is 6.92 Å². The molecule has 4 N–H and O–H groups in total. The molecular formula is C11H23N3O2. The van der Waals surface area contributed by atoms with Gasteiger partial charge in [0.05, 0.1) is 6.10 Å². The molecule has 1 unspecified atom stereocenters. The van der Waals surface area contributed by atoms with Crippen LogP contribution in [0.25, 0.3) is 0 Å². The fraction of sp³-hybridized carbons (Fsp3) is 0.909. The lowest BCUT2D eigenvalue weighted by Crippen LogP contribution is -2.47. The lowest BCUT2D eigenvalue weighted by molar-refractivity contribution is 0.175. The summed E-state index contributed by atoms with van der Waals surface area (Å²) in [7, 11) is 0. The van der Waals surface area contributed by atoms with E-state index in [0.29, 0.717) is 6.04 Å². The van der Waals surface area contributed by atoms with Gasteiger partial charge in [-0.25, -0.2) is 4.79 Å². The third kappa shape index (κ3) is 4.81. The van der Waals surface area contributed by atoms with E-state index >= 15 is 0 Å². The summed E-state index contributed by atoms with van der Waals surface area (Å²) in [4.78, 5) is 12.6. The number of nitrogens with zero attached hydrogens (tertiary/aromatic N) is 1. The maximum absolute atomic E-state index is 10.9. The summed E-state index contributed by atoms with van der Waals surface area (Å²) in [5.74, 6) is 0. The third-order valence-corrected chi connectivity index (χ3v) is 3.04. The summed E-state index contributed by atoms with van der Waals surface area (Å²) in [6, 6.07) is 0.178. The monoisotopic (exact) mass is 229 g/mol. The van der Waals surface area contributed by atoms with E-state index in [0.717, 1.165) is 45.3 Å². The Morgan fingerprint density at radius 2 is 2.19 bits per heavy atom. The molecule has 0 aromatic carbocycles. The van der Waals surface area contributed by atoms with E-state index in [9.17, 15) is 4.79 Å². The number of carbonyl (C=O) groups excluding carboxylic acids is 1. The van der Waals surface area contributed by atoms with Crippen LogP contribution < -0.4 is 11.1 Å². The van der Waals surface area contributed by atoms with Gasteiger partial charge in [-0.2, -0.15) is 0 Å². The molecule has 1 aliphatic heterocycles. The minimum Gasteiger partial charge on any atom is -0.393 e. The molecule has 1 atom stereocenters. The minimum absolute atomic E-state index is 0.210. The average molecular weight is 229 g/mol. The highest BCUT2D eigenvalue weighted by atomic mass is 16.3. The Kier molecular flexibility index (Phi) is 5.55. The molecule has 94 valence electrons. The van der Waals surface area contributed by atoms with Gasteiger partial charge in [-0.15, -0.1) is 0 Å². The van der Waals surface area contributed by atoms with Crippen molar-refractivity contribution in [3.8, 4) is 0 Å². The minimum atomic E-state index is -0.312. The first kappa shape index (κ1) is 13.3. The summed E-state index contributed by atoms with van der Waals surface area (Å²) in [5.41, 5.74) is 5.21. The van der Waals surface area contributed by atoms with Crippen molar-refractivity contribution >= 4 is 6.03 Å². The Hall–Kier alpha value is -0.810. The second-order valence-electron chi connectivity index (χ2n) is 4.54. The van der Waals surface area contributed by atoms with Gasteiger partial charge in [0.2, 0.25) is 0 Å². The molecule has 5 heteroatoms. The van der Waals surface area contributed by atoms with Crippen molar-refractivity contribution < 1.29 is 9.90 Å². The van der Waals surface area contributed by atoms with Gasteiger partial charge in [-0.1, -0.05) is 0 Å². The number of nitrogens with two attached hydrogens (primary N) is 1. The fourth-order valence-corrected chi connectivity index (χ4v) is 2.01. The standard InChI is InChI=1S/C11H23N3O2/c1-9(15)3-2-6-13-10-4-7-14(8-5-10)11(12)16/h9-10,13,15H,2-8H2,1H3,(H2,12,16). The van der Waals surface area contributed by atoms with Crippen molar-refractivity contribution in [2.24, 2.45) is 5.73 Å². The summed E-state index contributed by atoms with van der Waals surface area (Å²) >= 11 is 0. The number of hydrogen-bond acceptors (Lipinski definition) is 3. The molecule has 1 heterocycles. The lowest BCUT2D eigenvalue weighted by Gasteiger charge is -2.31. The Morgan fingerprint density at radius 1 is 1.56 bits per heavy atom. The van der Waals surface area contributed by atoms with Crippen molar-refractivity contribution in [2.45, 2.75) is 44.8 Å². The Bertz CT molecular complexity index is 213. The van der Waals surface area contributed by atoms with Crippen LogP contribution in [-0.2, 0) is 0 Å². The molecule has 0 aromatic rings. The van der Waals surface area contributed by atoms with Gasteiger partial charge in [0.25, 0.3) is 0 Å². The molecule has 0 saturated carbocycles. The number of urea groups is 1.